The van der Waals surface area contributed by atoms with Gasteiger partial charge in [0.1, 0.15) is 5.82 Å². The second-order valence-corrected chi connectivity index (χ2v) is 8.51. The van der Waals surface area contributed by atoms with Gasteiger partial charge >= 0.3 is 0 Å². The SMILES string of the molecule is CN(C)S(=O)(=O)N1CCC[C@@H]1c1cccc(Cc2ccc(F)cc2)n1. The number of rotatable bonds is 5. The molecule has 1 fully saturated rings. The van der Waals surface area contributed by atoms with Gasteiger partial charge in [-0.1, -0.05) is 18.2 Å². The Hall–Kier alpha value is -1.83. The molecule has 1 saturated heterocycles. The van der Waals surface area contributed by atoms with Crippen molar-refractivity contribution in [2.24, 2.45) is 0 Å². The Bertz CT molecular complexity index is 838. The predicted octanol–water partition coefficient (Wildman–Crippen LogP) is 2.75. The first-order valence-corrected chi connectivity index (χ1v) is 9.67. The van der Waals surface area contributed by atoms with Gasteiger partial charge in [0.25, 0.3) is 10.2 Å². The Labute approximate surface area is 148 Å². The van der Waals surface area contributed by atoms with Gasteiger partial charge in [-0.2, -0.15) is 17.0 Å². The molecule has 25 heavy (non-hydrogen) atoms. The average molecular weight is 363 g/mol. The van der Waals surface area contributed by atoms with Crippen molar-refractivity contribution in [2.45, 2.75) is 25.3 Å². The summed E-state index contributed by atoms with van der Waals surface area (Å²) in [5, 5.41) is 0. The molecule has 1 atom stereocenters. The molecule has 0 N–H and O–H groups in total. The van der Waals surface area contributed by atoms with Crippen molar-refractivity contribution in [1.82, 2.24) is 13.6 Å². The molecular formula is C18H22FN3O2S. The van der Waals surface area contributed by atoms with Gasteiger partial charge in [-0.25, -0.2) is 4.39 Å². The third kappa shape index (κ3) is 3.89. The zero-order chi connectivity index (χ0) is 18.0. The van der Waals surface area contributed by atoms with Crippen LogP contribution in [-0.2, 0) is 16.6 Å². The number of nitrogens with zero attached hydrogens (tertiary/aromatic N) is 3. The van der Waals surface area contributed by atoms with Crippen LogP contribution in [0.3, 0.4) is 0 Å². The molecule has 2 aromatic rings. The molecule has 1 aromatic heterocycles. The van der Waals surface area contributed by atoms with Crippen LogP contribution in [0.25, 0.3) is 0 Å². The first kappa shape index (κ1) is 18.0. The molecular weight excluding hydrogens is 341 g/mol. The molecule has 0 amide bonds. The Balaban J connectivity index is 1.84. The number of hydrogen-bond donors (Lipinski definition) is 0. The van der Waals surface area contributed by atoms with Crippen molar-refractivity contribution in [3.63, 3.8) is 0 Å². The smallest absolute Gasteiger partial charge is 0.256 e. The summed E-state index contributed by atoms with van der Waals surface area (Å²) in [6.45, 7) is 0.509. The van der Waals surface area contributed by atoms with Gasteiger partial charge in [-0.15, -0.1) is 0 Å². The topological polar surface area (TPSA) is 53.5 Å². The molecule has 1 aliphatic rings. The quantitative estimate of drug-likeness (QED) is 0.821. The van der Waals surface area contributed by atoms with E-state index in [-0.39, 0.29) is 11.9 Å². The van der Waals surface area contributed by atoms with E-state index in [1.165, 1.54) is 20.7 Å². The molecule has 2 heterocycles. The third-order valence-corrected chi connectivity index (χ3v) is 6.38. The normalized spacial score (nSPS) is 18.8. The maximum atomic E-state index is 13.0. The molecule has 1 aliphatic heterocycles. The molecule has 3 rings (SSSR count). The first-order valence-electron chi connectivity index (χ1n) is 8.27. The Morgan fingerprint density at radius 2 is 1.92 bits per heavy atom. The summed E-state index contributed by atoms with van der Waals surface area (Å²) in [5.41, 5.74) is 2.58. The molecule has 0 saturated carbocycles. The van der Waals surface area contributed by atoms with Crippen LogP contribution in [0.1, 0.15) is 35.8 Å². The predicted molar refractivity (Wildman–Crippen MR) is 94.7 cm³/mol. The van der Waals surface area contributed by atoms with Gasteiger partial charge in [0, 0.05) is 32.8 Å². The minimum Gasteiger partial charge on any atom is -0.256 e. The molecule has 0 unspecified atom stereocenters. The van der Waals surface area contributed by atoms with Crippen molar-refractivity contribution in [3.05, 3.63) is 65.2 Å². The molecule has 0 aliphatic carbocycles. The number of hydrogen-bond acceptors (Lipinski definition) is 3. The van der Waals surface area contributed by atoms with Crippen LogP contribution >= 0.6 is 0 Å². The van der Waals surface area contributed by atoms with Gasteiger partial charge < -0.3 is 0 Å². The molecule has 0 bridgehead atoms. The van der Waals surface area contributed by atoms with E-state index in [1.54, 1.807) is 26.2 Å². The van der Waals surface area contributed by atoms with Crippen LogP contribution in [0, 0.1) is 5.82 Å². The van der Waals surface area contributed by atoms with E-state index in [9.17, 15) is 12.8 Å². The molecule has 5 nitrogen and oxygen atoms in total. The largest absolute Gasteiger partial charge is 0.282 e. The fourth-order valence-corrected chi connectivity index (χ4v) is 4.43. The van der Waals surface area contributed by atoms with Crippen LogP contribution in [-0.4, -0.2) is 42.7 Å². The third-order valence-electron chi connectivity index (χ3n) is 4.43. The average Bonchev–Trinajstić information content (AvgIpc) is 3.07. The van der Waals surface area contributed by atoms with Crippen molar-refractivity contribution >= 4 is 10.2 Å². The van der Waals surface area contributed by atoms with E-state index < -0.39 is 10.2 Å². The van der Waals surface area contributed by atoms with E-state index in [4.69, 9.17) is 0 Å². The molecule has 0 radical (unpaired) electrons. The second-order valence-electron chi connectivity index (χ2n) is 6.42. The number of halogens is 1. The van der Waals surface area contributed by atoms with E-state index in [0.717, 1.165) is 29.8 Å². The second kappa shape index (κ2) is 7.19. The van der Waals surface area contributed by atoms with Crippen molar-refractivity contribution in [1.29, 1.82) is 0 Å². The highest BCUT2D eigenvalue weighted by molar-refractivity contribution is 7.86. The maximum absolute atomic E-state index is 13.0. The molecule has 0 spiro atoms. The Kier molecular flexibility index (Phi) is 5.17. The fraction of sp³-hybridized carbons (Fsp3) is 0.389. The number of pyridine rings is 1. The lowest BCUT2D eigenvalue weighted by Crippen LogP contribution is -2.39. The zero-order valence-electron chi connectivity index (χ0n) is 14.4. The fourth-order valence-electron chi connectivity index (χ4n) is 3.12. The van der Waals surface area contributed by atoms with E-state index >= 15 is 0 Å². The van der Waals surface area contributed by atoms with Gasteiger partial charge in [0.05, 0.1) is 11.7 Å². The highest BCUT2D eigenvalue weighted by Gasteiger charge is 2.37. The Morgan fingerprint density at radius 1 is 1.20 bits per heavy atom. The van der Waals surface area contributed by atoms with E-state index in [0.29, 0.717) is 13.0 Å². The van der Waals surface area contributed by atoms with Crippen molar-refractivity contribution in [2.75, 3.05) is 20.6 Å². The lowest BCUT2D eigenvalue weighted by Gasteiger charge is -2.26. The van der Waals surface area contributed by atoms with Crippen LogP contribution in [0.5, 0.6) is 0 Å². The van der Waals surface area contributed by atoms with E-state index in [1.807, 2.05) is 18.2 Å². The number of aromatic nitrogens is 1. The standard InChI is InChI=1S/C18H22FN3O2S/c1-21(2)25(23,24)22-12-4-7-18(22)17-6-3-5-16(20-17)13-14-8-10-15(19)11-9-14/h3,5-6,8-11,18H,4,7,12-13H2,1-2H3/t18-/m1/s1. The van der Waals surface area contributed by atoms with Gasteiger partial charge in [-0.3, -0.25) is 4.98 Å². The van der Waals surface area contributed by atoms with Gasteiger partial charge in [-0.05, 0) is 42.7 Å². The summed E-state index contributed by atoms with van der Waals surface area (Å²) in [5.74, 6) is -0.263. The number of benzene rings is 1. The van der Waals surface area contributed by atoms with Crippen LogP contribution in [0.15, 0.2) is 42.5 Å². The summed E-state index contributed by atoms with van der Waals surface area (Å²) in [6, 6.07) is 11.8. The highest BCUT2D eigenvalue weighted by atomic mass is 32.2. The van der Waals surface area contributed by atoms with Crippen molar-refractivity contribution < 1.29 is 12.8 Å². The molecule has 134 valence electrons. The van der Waals surface area contributed by atoms with Gasteiger partial charge in [0.15, 0.2) is 0 Å². The summed E-state index contributed by atoms with van der Waals surface area (Å²) < 4.78 is 40.8. The zero-order valence-corrected chi connectivity index (χ0v) is 15.2. The summed E-state index contributed by atoms with van der Waals surface area (Å²) >= 11 is 0. The first-order chi connectivity index (χ1) is 11.9. The highest BCUT2D eigenvalue weighted by Crippen LogP contribution is 2.34. The van der Waals surface area contributed by atoms with Gasteiger partial charge in [0.2, 0.25) is 0 Å². The lowest BCUT2D eigenvalue weighted by atomic mass is 10.1. The minimum atomic E-state index is -3.47. The van der Waals surface area contributed by atoms with Crippen molar-refractivity contribution in [3.8, 4) is 0 Å². The van der Waals surface area contributed by atoms with E-state index in [2.05, 4.69) is 4.98 Å². The maximum Gasteiger partial charge on any atom is 0.282 e. The molecule has 1 aromatic carbocycles. The minimum absolute atomic E-state index is 0.236. The monoisotopic (exact) mass is 363 g/mol. The Morgan fingerprint density at radius 3 is 2.60 bits per heavy atom. The lowest BCUT2D eigenvalue weighted by molar-refractivity contribution is 0.357. The van der Waals surface area contributed by atoms with Crippen LogP contribution < -0.4 is 0 Å². The summed E-state index contributed by atoms with van der Waals surface area (Å²) in [7, 11) is -0.376. The van der Waals surface area contributed by atoms with Crippen LogP contribution in [0.4, 0.5) is 4.39 Å². The summed E-state index contributed by atoms with van der Waals surface area (Å²) in [4.78, 5) is 4.68. The summed E-state index contributed by atoms with van der Waals surface area (Å²) in [6.07, 6.45) is 2.17. The van der Waals surface area contributed by atoms with Crippen LogP contribution in [0.2, 0.25) is 0 Å². The molecule has 7 heteroatoms.